The second-order valence-corrected chi connectivity index (χ2v) is 6.14. The number of hydrogen-bond donors (Lipinski definition) is 2. The maximum Gasteiger partial charge on any atom is 0.226 e. The average molecular weight is 348 g/mol. The van der Waals surface area contributed by atoms with Gasteiger partial charge in [0.15, 0.2) is 0 Å². The Hall–Kier alpha value is -2.07. The van der Waals surface area contributed by atoms with Gasteiger partial charge in [0.1, 0.15) is 0 Å². The molecule has 0 aliphatic heterocycles. The van der Waals surface area contributed by atoms with Crippen LogP contribution in [0.15, 0.2) is 42.6 Å². The van der Waals surface area contributed by atoms with E-state index in [2.05, 4.69) is 55.3 Å². The molecule has 0 bridgehead atoms. The first-order valence-electron chi connectivity index (χ1n) is 8.08. The molecule has 130 valence electrons. The average Bonchev–Trinajstić information content (AvgIpc) is 2.55. The summed E-state index contributed by atoms with van der Waals surface area (Å²) in [6.07, 6.45) is 2.85. The monoisotopic (exact) mass is 347 g/mol. The van der Waals surface area contributed by atoms with E-state index in [0.717, 1.165) is 17.7 Å². The van der Waals surface area contributed by atoms with Gasteiger partial charge in [-0.3, -0.25) is 9.78 Å². The van der Waals surface area contributed by atoms with Crippen molar-refractivity contribution in [2.75, 3.05) is 5.73 Å². The van der Waals surface area contributed by atoms with Crippen molar-refractivity contribution in [2.45, 2.75) is 39.7 Å². The standard InChI is InChI=1S/C19H25N3O.ClH/c1-4-14-5-7-15(8-6-14)19(13(2)3)22-18(23)11-17-10-9-16(20)12-21-17;/h5-10,12-13,19H,4,11,20H2,1-3H3,(H,22,23);1H. The molecule has 1 unspecified atom stereocenters. The number of carbonyl (C=O) groups is 1. The highest BCUT2D eigenvalue weighted by Gasteiger charge is 2.18. The van der Waals surface area contributed by atoms with Crippen LogP contribution in [0.5, 0.6) is 0 Å². The molecule has 0 saturated carbocycles. The summed E-state index contributed by atoms with van der Waals surface area (Å²) in [4.78, 5) is 16.5. The van der Waals surface area contributed by atoms with Crippen LogP contribution in [-0.2, 0) is 17.6 Å². The number of benzene rings is 1. The van der Waals surface area contributed by atoms with Crippen LogP contribution in [-0.4, -0.2) is 10.9 Å². The van der Waals surface area contributed by atoms with Crippen molar-refractivity contribution in [1.82, 2.24) is 10.3 Å². The van der Waals surface area contributed by atoms with Crippen LogP contribution in [0, 0.1) is 5.92 Å². The minimum atomic E-state index is -0.0273. The molecule has 0 aliphatic carbocycles. The number of hydrogen-bond acceptors (Lipinski definition) is 3. The number of carbonyl (C=O) groups excluding carboxylic acids is 1. The molecule has 0 aliphatic rings. The Balaban J connectivity index is 0.00000288. The van der Waals surface area contributed by atoms with E-state index < -0.39 is 0 Å². The Kier molecular flexibility index (Phi) is 7.72. The predicted octanol–water partition coefficient (Wildman–Crippen LogP) is 3.70. The summed E-state index contributed by atoms with van der Waals surface area (Å²) in [6.45, 7) is 6.36. The number of aryl methyl sites for hydroxylation is 1. The summed E-state index contributed by atoms with van der Waals surface area (Å²) in [6, 6.07) is 12.0. The summed E-state index contributed by atoms with van der Waals surface area (Å²) in [5, 5.41) is 3.12. The number of rotatable bonds is 6. The van der Waals surface area contributed by atoms with Gasteiger partial charge in [0.2, 0.25) is 5.91 Å². The van der Waals surface area contributed by atoms with E-state index in [4.69, 9.17) is 5.73 Å². The van der Waals surface area contributed by atoms with E-state index in [-0.39, 0.29) is 30.8 Å². The van der Waals surface area contributed by atoms with Gasteiger partial charge in [-0.15, -0.1) is 12.4 Å². The number of nitrogens with one attached hydrogen (secondary N) is 1. The zero-order chi connectivity index (χ0) is 16.8. The molecule has 1 atom stereocenters. The number of anilines is 1. The third kappa shape index (κ3) is 5.53. The largest absolute Gasteiger partial charge is 0.397 e. The van der Waals surface area contributed by atoms with Crippen molar-refractivity contribution >= 4 is 24.0 Å². The SMILES string of the molecule is CCc1ccc(C(NC(=O)Cc2ccc(N)cn2)C(C)C)cc1.Cl. The first-order valence-corrected chi connectivity index (χ1v) is 8.08. The maximum atomic E-state index is 12.3. The van der Waals surface area contributed by atoms with Crippen molar-refractivity contribution in [1.29, 1.82) is 0 Å². The smallest absolute Gasteiger partial charge is 0.226 e. The lowest BCUT2D eigenvalue weighted by Crippen LogP contribution is -2.33. The predicted molar refractivity (Wildman–Crippen MR) is 101 cm³/mol. The van der Waals surface area contributed by atoms with Crippen LogP contribution in [0.3, 0.4) is 0 Å². The summed E-state index contributed by atoms with van der Waals surface area (Å²) in [5.41, 5.74) is 9.37. The molecule has 3 N–H and O–H groups in total. The van der Waals surface area contributed by atoms with E-state index in [0.29, 0.717) is 11.6 Å². The fraction of sp³-hybridized carbons (Fsp3) is 0.368. The van der Waals surface area contributed by atoms with E-state index in [1.807, 2.05) is 0 Å². The minimum absolute atomic E-state index is 0. The minimum Gasteiger partial charge on any atom is -0.397 e. The second kappa shape index (κ2) is 9.28. The van der Waals surface area contributed by atoms with Gasteiger partial charge in [-0.2, -0.15) is 0 Å². The van der Waals surface area contributed by atoms with Gasteiger partial charge in [-0.1, -0.05) is 45.0 Å². The van der Waals surface area contributed by atoms with Gasteiger partial charge in [0.25, 0.3) is 0 Å². The molecule has 4 nitrogen and oxygen atoms in total. The highest BCUT2D eigenvalue weighted by molar-refractivity contribution is 5.85. The number of nitrogens with two attached hydrogens (primary N) is 1. The molecule has 5 heteroatoms. The lowest BCUT2D eigenvalue weighted by atomic mass is 9.94. The first-order chi connectivity index (χ1) is 11.0. The molecule has 1 aromatic heterocycles. The van der Waals surface area contributed by atoms with Gasteiger partial charge >= 0.3 is 0 Å². The number of pyridine rings is 1. The lowest BCUT2D eigenvalue weighted by molar-refractivity contribution is -0.121. The summed E-state index contributed by atoms with van der Waals surface area (Å²) in [7, 11) is 0. The molecule has 1 aromatic carbocycles. The maximum absolute atomic E-state index is 12.3. The molecule has 0 spiro atoms. The number of halogens is 1. The second-order valence-electron chi connectivity index (χ2n) is 6.14. The first kappa shape index (κ1) is 20.0. The van der Waals surface area contributed by atoms with Crippen LogP contribution in [0.25, 0.3) is 0 Å². The number of amides is 1. The van der Waals surface area contributed by atoms with Crippen LogP contribution in [0.2, 0.25) is 0 Å². The Morgan fingerprint density at radius 2 is 1.83 bits per heavy atom. The molecule has 0 radical (unpaired) electrons. The molecule has 2 rings (SSSR count). The molecule has 24 heavy (non-hydrogen) atoms. The molecule has 1 amide bonds. The van der Waals surface area contributed by atoms with E-state index in [9.17, 15) is 4.79 Å². The topological polar surface area (TPSA) is 68.0 Å². The van der Waals surface area contributed by atoms with Crippen LogP contribution in [0.4, 0.5) is 5.69 Å². The highest BCUT2D eigenvalue weighted by Crippen LogP contribution is 2.22. The zero-order valence-electron chi connectivity index (χ0n) is 14.5. The summed E-state index contributed by atoms with van der Waals surface area (Å²) in [5.74, 6) is 0.284. The third-order valence-electron chi connectivity index (χ3n) is 3.92. The number of aromatic nitrogens is 1. The lowest BCUT2D eigenvalue weighted by Gasteiger charge is -2.23. The van der Waals surface area contributed by atoms with Gasteiger partial charge in [-0.25, -0.2) is 0 Å². The van der Waals surface area contributed by atoms with Gasteiger partial charge < -0.3 is 11.1 Å². The summed E-state index contributed by atoms with van der Waals surface area (Å²) >= 11 is 0. The number of nitrogen functional groups attached to an aromatic ring is 1. The number of nitrogens with zero attached hydrogens (tertiary/aromatic N) is 1. The van der Waals surface area contributed by atoms with Crippen molar-refractivity contribution < 1.29 is 4.79 Å². The van der Waals surface area contributed by atoms with Crippen LogP contribution in [0.1, 0.15) is 43.6 Å². The Labute approximate surface area is 150 Å². The third-order valence-corrected chi connectivity index (χ3v) is 3.92. The van der Waals surface area contributed by atoms with Gasteiger partial charge in [0.05, 0.1) is 24.3 Å². The fourth-order valence-electron chi connectivity index (χ4n) is 2.53. The normalized spacial score (nSPS) is 11.7. The molecule has 2 aromatic rings. The molecule has 0 fully saturated rings. The van der Waals surface area contributed by atoms with Crippen LogP contribution >= 0.6 is 12.4 Å². The molecule has 1 heterocycles. The van der Waals surface area contributed by atoms with Crippen LogP contribution < -0.4 is 11.1 Å². The van der Waals surface area contributed by atoms with Gasteiger partial charge in [-0.05, 0) is 35.6 Å². The quantitative estimate of drug-likeness (QED) is 0.837. The zero-order valence-corrected chi connectivity index (χ0v) is 15.3. The Morgan fingerprint density at radius 1 is 1.17 bits per heavy atom. The molecule has 0 saturated heterocycles. The Morgan fingerprint density at radius 3 is 2.33 bits per heavy atom. The molecular formula is C19H26ClN3O. The Bertz CT molecular complexity index is 639. The van der Waals surface area contributed by atoms with Crippen molar-refractivity contribution in [3.05, 3.63) is 59.4 Å². The van der Waals surface area contributed by atoms with Crippen molar-refractivity contribution in [2.24, 2.45) is 5.92 Å². The van der Waals surface area contributed by atoms with E-state index in [1.54, 1.807) is 18.3 Å². The fourth-order valence-corrected chi connectivity index (χ4v) is 2.53. The van der Waals surface area contributed by atoms with Crippen molar-refractivity contribution in [3.63, 3.8) is 0 Å². The van der Waals surface area contributed by atoms with Crippen molar-refractivity contribution in [3.8, 4) is 0 Å². The van der Waals surface area contributed by atoms with E-state index >= 15 is 0 Å². The van der Waals surface area contributed by atoms with Gasteiger partial charge in [0, 0.05) is 5.69 Å². The van der Waals surface area contributed by atoms with E-state index in [1.165, 1.54) is 5.56 Å². The molecular weight excluding hydrogens is 322 g/mol. The summed E-state index contributed by atoms with van der Waals surface area (Å²) < 4.78 is 0. The highest BCUT2D eigenvalue weighted by atomic mass is 35.5.